The highest BCUT2D eigenvalue weighted by molar-refractivity contribution is 8.13. The number of fused-ring (bicyclic) bond motifs is 1. The second kappa shape index (κ2) is 23.3. The lowest BCUT2D eigenvalue weighted by molar-refractivity contribution is -0.137. The Bertz CT molecular complexity index is 1890. The van der Waals surface area contributed by atoms with Gasteiger partial charge in [0.2, 0.25) is 16.9 Å². The maximum Gasteiger partial charge on any atom is 0.481 e. The van der Waals surface area contributed by atoms with E-state index in [-0.39, 0.29) is 47.4 Å². The summed E-state index contributed by atoms with van der Waals surface area (Å²) in [6.07, 6.45) is -1.54. The van der Waals surface area contributed by atoms with Crippen LogP contribution in [0, 0.1) is 5.41 Å². The molecule has 2 aromatic rings. The van der Waals surface area contributed by atoms with Crippen LogP contribution in [0.25, 0.3) is 11.2 Å². The van der Waals surface area contributed by atoms with Gasteiger partial charge in [-0.3, -0.25) is 32.5 Å². The quantitative estimate of drug-likeness (QED) is 0.0437. The Morgan fingerprint density at radius 2 is 1.65 bits per heavy atom. The number of aliphatic hydroxyl groups excluding tert-OH is 3. The molecule has 1 fully saturated rings. The number of thioether (sulfide) groups is 1. The van der Waals surface area contributed by atoms with Crippen molar-refractivity contribution in [1.29, 1.82) is 0 Å². The molecule has 11 N–H and O–H groups in total. The highest BCUT2D eigenvalue weighted by Gasteiger charge is 2.50. The molecule has 1 aliphatic rings. The Labute approximate surface area is 348 Å². The number of aromatic nitrogens is 4. The van der Waals surface area contributed by atoms with Crippen LogP contribution in [0.15, 0.2) is 12.7 Å². The van der Waals surface area contributed by atoms with Crippen LogP contribution in [0.4, 0.5) is 5.82 Å². The summed E-state index contributed by atoms with van der Waals surface area (Å²) in [5.74, 6) is -1.30. The van der Waals surface area contributed by atoms with Gasteiger partial charge in [0.05, 0.1) is 19.5 Å². The number of anilines is 1. The largest absolute Gasteiger partial charge is 0.481 e. The minimum Gasteiger partial charge on any atom is -0.386 e. The number of carbonyl (C=O) groups excluding carboxylic acids is 3. The Balaban J connectivity index is 1.42. The molecule has 0 radical (unpaired) electrons. The molecule has 8 atom stereocenters. The maximum absolute atomic E-state index is 12.7. The van der Waals surface area contributed by atoms with Crippen molar-refractivity contribution >= 4 is 69.1 Å². The van der Waals surface area contributed by atoms with Crippen molar-refractivity contribution in [3.05, 3.63) is 12.7 Å². The van der Waals surface area contributed by atoms with Crippen LogP contribution in [-0.2, 0) is 50.7 Å². The number of phosphoric acid groups is 3. The summed E-state index contributed by atoms with van der Waals surface area (Å²) in [4.78, 5) is 87.9. The normalized spacial score (nSPS) is 21.6. The van der Waals surface area contributed by atoms with Crippen LogP contribution in [0.1, 0.15) is 78.4 Å². The molecule has 0 aliphatic carbocycles. The lowest BCUT2D eigenvalue weighted by atomic mass is 9.87. The van der Waals surface area contributed by atoms with E-state index in [1.54, 1.807) is 0 Å². The molecule has 29 heteroatoms. The van der Waals surface area contributed by atoms with E-state index in [2.05, 4.69) is 41.3 Å². The van der Waals surface area contributed by atoms with E-state index >= 15 is 0 Å². The first-order valence-corrected chi connectivity index (χ1v) is 24.2. The highest BCUT2D eigenvalue weighted by atomic mass is 32.2. The molecule has 1 saturated heterocycles. The van der Waals surface area contributed by atoms with Gasteiger partial charge in [0.15, 0.2) is 17.7 Å². The van der Waals surface area contributed by atoms with Gasteiger partial charge < -0.3 is 56.0 Å². The fourth-order valence-electron chi connectivity index (χ4n) is 5.61. The highest BCUT2D eigenvalue weighted by Crippen LogP contribution is 2.61. The van der Waals surface area contributed by atoms with Crippen LogP contribution in [-0.4, -0.2) is 134 Å². The van der Waals surface area contributed by atoms with E-state index in [0.717, 1.165) is 67.5 Å². The molecule has 3 rings (SSSR count). The van der Waals surface area contributed by atoms with Crippen molar-refractivity contribution in [1.82, 2.24) is 30.2 Å². The van der Waals surface area contributed by atoms with Gasteiger partial charge in [0.1, 0.15) is 42.4 Å². The number of carbonyl (C=O) groups is 3. The first-order valence-electron chi connectivity index (χ1n) is 18.7. The van der Waals surface area contributed by atoms with Crippen molar-refractivity contribution in [3.8, 4) is 0 Å². The smallest absolute Gasteiger partial charge is 0.386 e. The SMILES string of the molecule is CCCCCCCCC(O)C(=O)SCCNC(=O)CCNC(=O)[C@H](O)C(C)(C)COP(=O)(O)OP(=O)(O)OC[C@H]1O[C@@H](n2cnc3c(N)ncnc32)[C@H](O)[C@@H]1OP(=O)(O)O. The molecule has 3 heterocycles. The number of imidazole rings is 1. The van der Waals surface area contributed by atoms with Crippen LogP contribution in [0.2, 0.25) is 0 Å². The lowest BCUT2D eigenvalue weighted by Gasteiger charge is -2.30. The van der Waals surface area contributed by atoms with Crippen LogP contribution < -0.4 is 16.4 Å². The number of hydrogen-bond acceptors (Lipinski definition) is 19. The molecular weight excluding hydrogens is 883 g/mol. The Morgan fingerprint density at radius 3 is 2.33 bits per heavy atom. The summed E-state index contributed by atoms with van der Waals surface area (Å²) < 4.78 is 62.2. The molecule has 3 unspecified atom stereocenters. The molecule has 0 spiro atoms. The number of unbranched alkanes of at least 4 members (excludes halogenated alkanes) is 5. The Kier molecular flexibility index (Phi) is 20.1. The Hall–Kier alpha value is -2.48. The van der Waals surface area contributed by atoms with Gasteiger partial charge in [-0.15, -0.1) is 0 Å². The van der Waals surface area contributed by atoms with Gasteiger partial charge in [-0.2, -0.15) is 4.31 Å². The van der Waals surface area contributed by atoms with Gasteiger partial charge in [-0.1, -0.05) is 71.1 Å². The monoisotopic (exact) mass is 937 g/mol. The maximum atomic E-state index is 12.7. The van der Waals surface area contributed by atoms with Crippen LogP contribution >= 0.6 is 35.2 Å². The molecule has 0 saturated carbocycles. The second-order valence-electron chi connectivity index (χ2n) is 14.3. The fourth-order valence-corrected chi connectivity index (χ4v) is 9.16. The van der Waals surface area contributed by atoms with Crippen molar-refractivity contribution in [2.45, 2.75) is 109 Å². The first kappa shape index (κ1) is 51.9. The number of nitrogens with zero attached hydrogens (tertiary/aromatic N) is 4. The number of nitrogens with two attached hydrogens (primary N) is 1. The summed E-state index contributed by atoms with van der Waals surface area (Å²) in [6, 6.07) is 0. The van der Waals surface area contributed by atoms with Crippen molar-refractivity contribution < 1.29 is 85.6 Å². The van der Waals surface area contributed by atoms with Crippen molar-refractivity contribution in [2.24, 2.45) is 5.41 Å². The standard InChI is InChI=1S/C31H54N7O18P3S/c1-4-5-6-7-8-9-10-19(39)30(44)60-14-13-33-21(40)11-12-34-28(43)25(42)31(2,3)16-53-59(50,51)56-58(48,49)52-15-20-24(55-57(45,46)47)23(41)29(54-20)38-18-37-22-26(32)35-17-36-27(22)38/h17-20,23-25,29,39,41-42H,4-16H2,1-3H3,(H,33,40)(H,34,43)(H,48,49)(H,50,51)(H2,32,35,36)(H2,45,46,47)/t19?,20-,23-,24-,25+,29-/m1/s1. The number of ether oxygens (including phenoxy) is 1. The minimum absolute atomic E-state index is 0.0267. The average Bonchev–Trinajstić information content (AvgIpc) is 3.72. The van der Waals surface area contributed by atoms with E-state index < -0.39 is 90.7 Å². The predicted molar refractivity (Wildman–Crippen MR) is 211 cm³/mol. The summed E-state index contributed by atoms with van der Waals surface area (Å²) in [5.41, 5.74) is 4.24. The summed E-state index contributed by atoms with van der Waals surface area (Å²) in [6.45, 7) is 2.46. The number of phosphoric ester groups is 3. The molecule has 2 aromatic heterocycles. The van der Waals surface area contributed by atoms with Gasteiger partial charge >= 0.3 is 23.5 Å². The molecule has 342 valence electrons. The molecule has 0 bridgehead atoms. The molecule has 25 nitrogen and oxygen atoms in total. The number of nitrogens with one attached hydrogen (secondary N) is 2. The summed E-state index contributed by atoms with van der Waals surface area (Å²) in [7, 11) is -16.4. The average molecular weight is 938 g/mol. The third kappa shape index (κ3) is 16.7. The van der Waals surface area contributed by atoms with E-state index in [1.165, 1.54) is 13.8 Å². The van der Waals surface area contributed by atoms with Crippen LogP contribution in [0.5, 0.6) is 0 Å². The molecule has 0 aromatic carbocycles. The van der Waals surface area contributed by atoms with E-state index in [1.807, 2.05) is 0 Å². The Morgan fingerprint density at radius 1 is 0.983 bits per heavy atom. The second-order valence-corrected chi connectivity index (χ2v) is 19.6. The van der Waals surface area contributed by atoms with Gasteiger partial charge in [-0.25, -0.2) is 28.6 Å². The zero-order valence-corrected chi connectivity index (χ0v) is 36.5. The summed E-state index contributed by atoms with van der Waals surface area (Å²) in [5, 5.41) is 36.0. The number of aliphatic hydroxyl groups is 3. The van der Waals surface area contributed by atoms with Crippen molar-refractivity contribution in [2.75, 3.05) is 37.8 Å². The third-order valence-electron chi connectivity index (χ3n) is 8.85. The zero-order chi connectivity index (χ0) is 44.9. The minimum atomic E-state index is -5.58. The van der Waals surface area contributed by atoms with Crippen LogP contribution in [0.3, 0.4) is 0 Å². The number of rotatable bonds is 27. The molecule has 2 amide bonds. The number of nitrogen functional groups attached to an aromatic ring is 1. The van der Waals surface area contributed by atoms with E-state index in [9.17, 15) is 63.0 Å². The predicted octanol–water partition coefficient (Wildman–Crippen LogP) is 0.776. The summed E-state index contributed by atoms with van der Waals surface area (Å²) >= 11 is 0.900. The van der Waals surface area contributed by atoms with Gasteiger partial charge in [0.25, 0.3) is 0 Å². The molecular formula is C31H54N7O18P3S. The number of amides is 2. The fraction of sp³-hybridized carbons (Fsp3) is 0.742. The number of hydrogen-bond donors (Lipinski definition) is 10. The topological polar surface area (TPSA) is 384 Å². The zero-order valence-electron chi connectivity index (χ0n) is 33.0. The third-order valence-corrected chi connectivity index (χ3v) is 12.9. The van der Waals surface area contributed by atoms with Gasteiger partial charge in [0, 0.05) is 30.7 Å². The first-order chi connectivity index (χ1) is 28.0. The van der Waals surface area contributed by atoms with E-state index in [0.29, 0.717) is 6.42 Å². The molecule has 60 heavy (non-hydrogen) atoms. The van der Waals surface area contributed by atoms with E-state index in [4.69, 9.17) is 19.5 Å². The van der Waals surface area contributed by atoms with Gasteiger partial charge in [-0.05, 0) is 6.42 Å². The lowest BCUT2D eigenvalue weighted by Crippen LogP contribution is -2.46. The molecule has 1 aliphatic heterocycles. The van der Waals surface area contributed by atoms with Crippen molar-refractivity contribution in [3.63, 3.8) is 0 Å².